The molecule has 1 atom stereocenters. The van der Waals surface area contributed by atoms with Crippen LogP contribution in [0.3, 0.4) is 0 Å². The summed E-state index contributed by atoms with van der Waals surface area (Å²) in [7, 11) is 1.49. The Morgan fingerprint density at radius 2 is 2.00 bits per heavy atom. The minimum Gasteiger partial charge on any atom is -0.359 e. The molecule has 5 nitrogen and oxygen atoms in total. The molecule has 1 aliphatic heterocycles. The first kappa shape index (κ1) is 14.6. The van der Waals surface area contributed by atoms with Crippen LogP contribution in [0.25, 0.3) is 0 Å². The summed E-state index contributed by atoms with van der Waals surface area (Å²) in [6.45, 7) is 0.714. The number of hydrogen-bond donors (Lipinski definition) is 2. The normalized spacial score (nSPS) is 23.9. The van der Waals surface area contributed by atoms with Crippen molar-refractivity contribution in [3.05, 3.63) is 0 Å². The third-order valence-electron chi connectivity index (χ3n) is 2.98. The van der Waals surface area contributed by atoms with Crippen LogP contribution in [-0.4, -0.2) is 49.7 Å². The third-order valence-corrected chi connectivity index (χ3v) is 2.98. The van der Waals surface area contributed by atoms with E-state index in [0.717, 1.165) is 0 Å². The molecule has 1 heterocycles. The van der Waals surface area contributed by atoms with Gasteiger partial charge in [-0.25, -0.2) is 4.79 Å². The fraction of sp³-hybridized carbons (Fsp3) is 0.800. The van der Waals surface area contributed by atoms with E-state index in [1.165, 1.54) is 11.9 Å². The van der Waals surface area contributed by atoms with Crippen molar-refractivity contribution in [2.75, 3.05) is 26.7 Å². The Morgan fingerprint density at radius 1 is 1.39 bits per heavy atom. The molecular formula is C10H16F3N3O2. The Morgan fingerprint density at radius 3 is 2.50 bits per heavy atom. The molecule has 3 amide bonds. The van der Waals surface area contributed by atoms with Crippen molar-refractivity contribution < 1.29 is 22.8 Å². The largest absolute Gasteiger partial charge is 0.405 e. The molecule has 1 aliphatic rings. The van der Waals surface area contributed by atoms with Crippen LogP contribution in [0.1, 0.15) is 13.3 Å². The maximum absolute atomic E-state index is 11.9. The van der Waals surface area contributed by atoms with E-state index in [2.05, 4.69) is 5.32 Å². The molecule has 0 bridgehead atoms. The van der Waals surface area contributed by atoms with E-state index in [0.29, 0.717) is 6.42 Å². The van der Waals surface area contributed by atoms with Gasteiger partial charge >= 0.3 is 12.2 Å². The van der Waals surface area contributed by atoms with Gasteiger partial charge in [-0.05, 0) is 13.3 Å². The lowest BCUT2D eigenvalue weighted by Gasteiger charge is -2.23. The van der Waals surface area contributed by atoms with Gasteiger partial charge in [0.15, 0.2) is 0 Å². The average molecular weight is 267 g/mol. The summed E-state index contributed by atoms with van der Waals surface area (Å²) in [5.74, 6) is -0.214. The standard InChI is InChI=1S/C10H16F3N3O2/c1-9(7(17)14-2)3-4-16(6-9)8(18)15-5-10(11,12)13/h3-6H2,1-2H3,(H,14,17)(H,15,18). The minimum absolute atomic E-state index is 0.121. The number of urea groups is 1. The molecular weight excluding hydrogens is 251 g/mol. The molecule has 1 fully saturated rings. The zero-order chi connectivity index (χ0) is 14.0. The van der Waals surface area contributed by atoms with Crippen molar-refractivity contribution in [3.8, 4) is 0 Å². The molecule has 104 valence electrons. The maximum Gasteiger partial charge on any atom is 0.405 e. The predicted octanol–water partition coefficient (Wildman–Crippen LogP) is 0.716. The van der Waals surface area contributed by atoms with E-state index in [4.69, 9.17) is 0 Å². The third kappa shape index (κ3) is 3.51. The topological polar surface area (TPSA) is 61.4 Å². The molecule has 0 aromatic heterocycles. The number of nitrogens with zero attached hydrogens (tertiary/aromatic N) is 1. The molecule has 0 aromatic rings. The summed E-state index contributed by atoms with van der Waals surface area (Å²) >= 11 is 0. The molecule has 2 N–H and O–H groups in total. The highest BCUT2D eigenvalue weighted by atomic mass is 19.4. The van der Waals surface area contributed by atoms with Crippen LogP contribution >= 0.6 is 0 Å². The van der Waals surface area contributed by atoms with Crippen molar-refractivity contribution >= 4 is 11.9 Å². The Kier molecular flexibility index (Phi) is 4.08. The molecule has 0 radical (unpaired) electrons. The number of amides is 3. The second-order valence-electron chi connectivity index (χ2n) is 4.59. The first-order valence-corrected chi connectivity index (χ1v) is 5.50. The highest BCUT2D eigenvalue weighted by Gasteiger charge is 2.42. The van der Waals surface area contributed by atoms with Gasteiger partial charge in [0.2, 0.25) is 5.91 Å². The van der Waals surface area contributed by atoms with Gasteiger partial charge in [0.25, 0.3) is 0 Å². The molecule has 18 heavy (non-hydrogen) atoms. The first-order chi connectivity index (χ1) is 8.18. The van der Waals surface area contributed by atoms with Crippen LogP contribution < -0.4 is 10.6 Å². The average Bonchev–Trinajstić information content (AvgIpc) is 2.68. The van der Waals surface area contributed by atoms with E-state index in [1.807, 2.05) is 0 Å². The molecule has 0 spiro atoms. The summed E-state index contributed by atoms with van der Waals surface area (Å²) in [5.41, 5.74) is -0.732. The van der Waals surface area contributed by atoms with E-state index in [1.54, 1.807) is 12.2 Å². The lowest BCUT2D eigenvalue weighted by atomic mass is 9.89. The van der Waals surface area contributed by atoms with Crippen molar-refractivity contribution in [1.29, 1.82) is 0 Å². The summed E-state index contributed by atoms with van der Waals surface area (Å²) in [6.07, 6.45) is -3.99. The number of carbonyl (C=O) groups is 2. The quantitative estimate of drug-likeness (QED) is 0.774. The Hall–Kier alpha value is -1.47. The molecule has 8 heteroatoms. The van der Waals surface area contributed by atoms with Gasteiger partial charge in [-0.15, -0.1) is 0 Å². The van der Waals surface area contributed by atoms with Gasteiger partial charge in [-0.1, -0.05) is 0 Å². The van der Waals surface area contributed by atoms with Crippen molar-refractivity contribution in [3.63, 3.8) is 0 Å². The summed E-state index contributed by atoms with van der Waals surface area (Å²) in [4.78, 5) is 24.3. The van der Waals surface area contributed by atoms with E-state index in [-0.39, 0.29) is 19.0 Å². The number of likely N-dealkylation sites (tertiary alicyclic amines) is 1. The second kappa shape index (κ2) is 5.03. The molecule has 0 aliphatic carbocycles. The van der Waals surface area contributed by atoms with E-state index >= 15 is 0 Å². The summed E-state index contributed by atoms with van der Waals surface area (Å²) < 4.78 is 35.8. The predicted molar refractivity (Wildman–Crippen MR) is 57.8 cm³/mol. The zero-order valence-corrected chi connectivity index (χ0v) is 10.2. The number of alkyl halides is 3. The second-order valence-corrected chi connectivity index (χ2v) is 4.59. The van der Waals surface area contributed by atoms with Crippen LogP contribution in [-0.2, 0) is 4.79 Å². The lowest BCUT2D eigenvalue weighted by Crippen LogP contribution is -2.45. The molecule has 1 unspecified atom stereocenters. The number of hydrogen-bond acceptors (Lipinski definition) is 2. The Balaban J connectivity index is 2.51. The van der Waals surface area contributed by atoms with Crippen molar-refractivity contribution in [2.24, 2.45) is 5.41 Å². The van der Waals surface area contributed by atoms with Crippen LogP contribution in [0.4, 0.5) is 18.0 Å². The summed E-state index contributed by atoms with van der Waals surface area (Å²) in [5, 5.41) is 4.28. The van der Waals surface area contributed by atoms with E-state index in [9.17, 15) is 22.8 Å². The molecule has 1 rings (SSSR count). The smallest absolute Gasteiger partial charge is 0.359 e. The van der Waals surface area contributed by atoms with Crippen LogP contribution in [0, 0.1) is 5.41 Å². The fourth-order valence-electron chi connectivity index (χ4n) is 1.91. The van der Waals surface area contributed by atoms with Gasteiger partial charge in [0.1, 0.15) is 6.54 Å². The fourth-order valence-corrected chi connectivity index (χ4v) is 1.91. The van der Waals surface area contributed by atoms with Crippen LogP contribution in [0.5, 0.6) is 0 Å². The maximum atomic E-state index is 11.9. The monoisotopic (exact) mass is 267 g/mol. The Bertz CT molecular complexity index is 346. The molecule has 0 saturated carbocycles. The van der Waals surface area contributed by atoms with Crippen molar-refractivity contribution in [2.45, 2.75) is 19.5 Å². The van der Waals surface area contributed by atoms with E-state index < -0.39 is 24.2 Å². The van der Waals surface area contributed by atoms with Crippen LogP contribution in [0.15, 0.2) is 0 Å². The van der Waals surface area contributed by atoms with Crippen LogP contribution in [0.2, 0.25) is 0 Å². The molecule has 1 saturated heterocycles. The van der Waals surface area contributed by atoms with Gasteiger partial charge in [0.05, 0.1) is 5.41 Å². The summed E-state index contributed by atoms with van der Waals surface area (Å²) in [6, 6.07) is -0.792. The highest BCUT2D eigenvalue weighted by Crippen LogP contribution is 2.30. The van der Waals surface area contributed by atoms with Gasteiger partial charge < -0.3 is 15.5 Å². The number of halogens is 3. The Labute approximate surface area is 103 Å². The van der Waals surface area contributed by atoms with Gasteiger partial charge in [-0.2, -0.15) is 13.2 Å². The highest BCUT2D eigenvalue weighted by molar-refractivity contribution is 5.84. The first-order valence-electron chi connectivity index (χ1n) is 5.50. The minimum atomic E-state index is -4.43. The number of nitrogens with one attached hydrogen (secondary N) is 2. The zero-order valence-electron chi connectivity index (χ0n) is 10.2. The SMILES string of the molecule is CNC(=O)C1(C)CCN(C(=O)NCC(F)(F)F)C1. The van der Waals surface area contributed by atoms with Crippen molar-refractivity contribution in [1.82, 2.24) is 15.5 Å². The molecule has 0 aromatic carbocycles. The number of rotatable bonds is 2. The number of carbonyl (C=O) groups excluding carboxylic acids is 2. The van der Waals surface area contributed by atoms with Gasteiger partial charge in [-0.3, -0.25) is 4.79 Å². The lowest BCUT2D eigenvalue weighted by molar-refractivity contribution is -0.129. The van der Waals surface area contributed by atoms with Gasteiger partial charge in [0, 0.05) is 20.1 Å².